The maximum absolute atomic E-state index is 13.4. The molecule has 5 aromatic rings. The summed E-state index contributed by atoms with van der Waals surface area (Å²) in [6, 6.07) is 24.2. The van der Waals surface area contributed by atoms with Gasteiger partial charge in [-0.05, 0) is 54.4 Å². The van der Waals surface area contributed by atoms with Crippen molar-refractivity contribution in [2.75, 3.05) is 26.2 Å². The molecule has 9 heteroatoms. The Morgan fingerprint density at radius 3 is 2.29 bits per heavy atom. The maximum atomic E-state index is 13.4. The SMILES string of the molecule is Cc1ccc(-c2nc3ccc(-c4cccc(C(F)(F)F)c4)cn3c2CN2CCN(C(=O)c3ccccc3Cl)CC2)cc1. The zero-order valence-electron chi connectivity index (χ0n) is 22.9. The molecule has 3 aromatic carbocycles. The Morgan fingerprint density at radius 1 is 0.857 bits per heavy atom. The quantitative estimate of drug-likeness (QED) is 0.212. The fourth-order valence-electron chi connectivity index (χ4n) is 5.36. The van der Waals surface area contributed by atoms with Crippen LogP contribution in [0.2, 0.25) is 5.02 Å². The number of nitrogens with zero attached hydrogens (tertiary/aromatic N) is 4. The van der Waals surface area contributed by atoms with Gasteiger partial charge in [0.2, 0.25) is 0 Å². The molecular weight excluding hydrogens is 561 g/mol. The van der Waals surface area contributed by atoms with Gasteiger partial charge in [-0.2, -0.15) is 13.2 Å². The summed E-state index contributed by atoms with van der Waals surface area (Å²) in [4.78, 5) is 22.1. The molecule has 214 valence electrons. The number of aryl methyl sites for hydroxylation is 1. The number of benzene rings is 3. The van der Waals surface area contributed by atoms with Gasteiger partial charge in [-0.3, -0.25) is 9.69 Å². The van der Waals surface area contributed by atoms with Crippen molar-refractivity contribution >= 4 is 23.2 Å². The molecule has 0 spiro atoms. The van der Waals surface area contributed by atoms with E-state index in [2.05, 4.69) is 4.90 Å². The highest BCUT2D eigenvalue weighted by Gasteiger charge is 2.30. The van der Waals surface area contributed by atoms with Crippen molar-refractivity contribution in [3.63, 3.8) is 0 Å². The third-order valence-electron chi connectivity index (χ3n) is 7.70. The second kappa shape index (κ2) is 11.3. The molecule has 1 amide bonds. The Kier molecular flexibility index (Phi) is 7.51. The number of carbonyl (C=O) groups excluding carboxylic acids is 1. The van der Waals surface area contributed by atoms with E-state index in [9.17, 15) is 18.0 Å². The van der Waals surface area contributed by atoms with Gasteiger partial charge in [0.05, 0.1) is 27.5 Å². The van der Waals surface area contributed by atoms with Crippen LogP contribution in [0.25, 0.3) is 28.0 Å². The van der Waals surface area contributed by atoms with Crippen LogP contribution >= 0.6 is 11.6 Å². The molecule has 0 radical (unpaired) electrons. The van der Waals surface area contributed by atoms with E-state index in [1.165, 1.54) is 12.1 Å². The third kappa shape index (κ3) is 5.65. The zero-order chi connectivity index (χ0) is 29.4. The number of piperazine rings is 1. The number of hydrogen-bond acceptors (Lipinski definition) is 3. The van der Waals surface area contributed by atoms with Crippen molar-refractivity contribution in [1.82, 2.24) is 19.2 Å². The number of hydrogen-bond donors (Lipinski definition) is 0. The predicted molar refractivity (Wildman–Crippen MR) is 158 cm³/mol. The molecule has 5 nitrogen and oxygen atoms in total. The second-order valence-electron chi connectivity index (χ2n) is 10.5. The van der Waals surface area contributed by atoms with E-state index in [-0.39, 0.29) is 5.91 Å². The van der Waals surface area contributed by atoms with Gasteiger partial charge in [0.1, 0.15) is 5.65 Å². The first-order chi connectivity index (χ1) is 20.2. The molecule has 1 saturated heterocycles. The van der Waals surface area contributed by atoms with Crippen molar-refractivity contribution in [2.45, 2.75) is 19.6 Å². The number of rotatable bonds is 5. The van der Waals surface area contributed by atoms with E-state index >= 15 is 0 Å². The lowest BCUT2D eigenvalue weighted by molar-refractivity contribution is -0.137. The van der Waals surface area contributed by atoms with Gasteiger partial charge < -0.3 is 9.30 Å². The summed E-state index contributed by atoms with van der Waals surface area (Å²) in [6.45, 7) is 5.00. The van der Waals surface area contributed by atoms with Gasteiger partial charge in [-0.15, -0.1) is 0 Å². The Bertz CT molecular complexity index is 1760. The van der Waals surface area contributed by atoms with Crippen LogP contribution in [-0.2, 0) is 12.7 Å². The Morgan fingerprint density at radius 2 is 1.57 bits per heavy atom. The van der Waals surface area contributed by atoms with Gasteiger partial charge in [0, 0.05) is 44.5 Å². The summed E-state index contributed by atoms with van der Waals surface area (Å²) < 4.78 is 42.2. The van der Waals surface area contributed by atoms with Crippen LogP contribution in [0.5, 0.6) is 0 Å². The Hall–Kier alpha value is -4.14. The molecule has 0 N–H and O–H groups in total. The number of fused-ring (bicyclic) bond motifs is 1. The van der Waals surface area contributed by atoms with Crippen LogP contribution in [0.3, 0.4) is 0 Å². The molecule has 6 rings (SSSR count). The lowest BCUT2D eigenvalue weighted by atomic mass is 10.0. The van der Waals surface area contributed by atoms with E-state index in [0.717, 1.165) is 28.6 Å². The maximum Gasteiger partial charge on any atom is 0.416 e. The van der Waals surface area contributed by atoms with Gasteiger partial charge >= 0.3 is 6.18 Å². The molecule has 42 heavy (non-hydrogen) atoms. The molecule has 1 aliphatic heterocycles. The molecule has 0 bridgehead atoms. The molecule has 0 aliphatic carbocycles. The molecular formula is C33H28ClF3N4O. The van der Waals surface area contributed by atoms with E-state index in [0.29, 0.717) is 60.1 Å². The topological polar surface area (TPSA) is 40.9 Å². The molecule has 0 atom stereocenters. The number of amides is 1. The van der Waals surface area contributed by atoms with Gasteiger partial charge in [0.15, 0.2) is 0 Å². The summed E-state index contributed by atoms with van der Waals surface area (Å²) in [5.41, 5.74) is 5.53. The van der Waals surface area contributed by atoms with E-state index in [1.54, 1.807) is 36.4 Å². The Balaban J connectivity index is 1.32. The number of aromatic nitrogens is 2. The van der Waals surface area contributed by atoms with Crippen LogP contribution in [0.15, 0.2) is 91.1 Å². The van der Waals surface area contributed by atoms with E-state index < -0.39 is 11.7 Å². The molecule has 2 aromatic heterocycles. The summed E-state index contributed by atoms with van der Waals surface area (Å²) in [5.74, 6) is -0.0823. The molecule has 1 fully saturated rings. The first-order valence-corrected chi connectivity index (χ1v) is 14.1. The smallest absolute Gasteiger partial charge is 0.336 e. The standard InChI is InChI=1S/C33H28ClF3N4O/c1-22-9-11-23(12-10-22)31-29(21-39-15-17-40(18-16-39)32(42)27-7-2-3-8-28(27)34)41-20-25(13-14-30(41)38-31)24-5-4-6-26(19-24)33(35,36)37/h2-14,19-20H,15-18,21H2,1H3. The minimum atomic E-state index is -4.42. The first kappa shape index (κ1) is 28.0. The third-order valence-corrected chi connectivity index (χ3v) is 8.03. The largest absolute Gasteiger partial charge is 0.416 e. The number of pyridine rings is 1. The monoisotopic (exact) mass is 588 g/mol. The van der Waals surface area contributed by atoms with E-state index in [4.69, 9.17) is 16.6 Å². The summed E-state index contributed by atoms with van der Waals surface area (Å²) in [5, 5.41) is 0.440. The minimum Gasteiger partial charge on any atom is -0.336 e. The summed E-state index contributed by atoms with van der Waals surface area (Å²) >= 11 is 6.27. The van der Waals surface area contributed by atoms with Crippen LogP contribution in [0.4, 0.5) is 13.2 Å². The number of imidazole rings is 1. The summed E-state index contributed by atoms with van der Waals surface area (Å²) in [6.07, 6.45) is -2.56. The van der Waals surface area contributed by atoms with Crippen molar-refractivity contribution in [3.8, 4) is 22.4 Å². The summed E-state index contributed by atoms with van der Waals surface area (Å²) in [7, 11) is 0. The van der Waals surface area contributed by atoms with Gasteiger partial charge in [0.25, 0.3) is 5.91 Å². The fraction of sp³-hybridized carbons (Fsp3) is 0.212. The number of carbonyl (C=O) groups is 1. The van der Waals surface area contributed by atoms with E-state index in [1.807, 2.05) is 52.8 Å². The highest BCUT2D eigenvalue weighted by atomic mass is 35.5. The molecule has 3 heterocycles. The average Bonchev–Trinajstić information content (AvgIpc) is 3.35. The lowest BCUT2D eigenvalue weighted by Gasteiger charge is -2.35. The fourth-order valence-corrected chi connectivity index (χ4v) is 5.58. The van der Waals surface area contributed by atoms with Crippen molar-refractivity contribution in [3.05, 3.63) is 119 Å². The van der Waals surface area contributed by atoms with Crippen LogP contribution in [0, 0.1) is 6.92 Å². The van der Waals surface area contributed by atoms with Gasteiger partial charge in [-0.1, -0.05) is 65.7 Å². The normalized spacial score (nSPS) is 14.5. The van der Waals surface area contributed by atoms with Gasteiger partial charge in [-0.25, -0.2) is 4.98 Å². The predicted octanol–water partition coefficient (Wildman–Crippen LogP) is 7.61. The number of alkyl halides is 3. The van der Waals surface area contributed by atoms with Crippen molar-refractivity contribution < 1.29 is 18.0 Å². The highest BCUT2D eigenvalue weighted by Crippen LogP contribution is 2.33. The molecule has 0 saturated carbocycles. The average molecular weight is 589 g/mol. The Labute approximate surface area is 246 Å². The highest BCUT2D eigenvalue weighted by molar-refractivity contribution is 6.33. The van der Waals surface area contributed by atoms with Crippen LogP contribution < -0.4 is 0 Å². The molecule has 1 aliphatic rings. The van der Waals surface area contributed by atoms with Crippen LogP contribution in [-0.4, -0.2) is 51.3 Å². The minimum absolute atomic E-state index is 0.0823. The number of halogens is 4. The second-order valence-corrected chi connectivity index (χ2v) is 11.0. The van der Waals surface area contributed by atoms with Crippen molar-refractivity contribution in [1.29, 1.82) is 0 Å². The lowest BCUT2D eigenvalue weighted by Crippen LogP contribution is -2.48. The first-order valence-electron chi connectivity index (χ1n) is 13.7. The van der Waals surface area contributed by atoms with Crippen LogP contribution in [0.1, 0.15) is 27.2 Å². The van der Waals surface area contributed by atoms with Crippen molar-refractivity contribution in [2.24, 2.45) is 0 Å². The zero-order valence-corrected chi connectivity index (χ0v) is 23.7. The molecule has 0 unspecified atom stereocenters.